The van der Waals surface area contributed by atoms with Gasteiger partial charge in [-0.2, -0.15) is 0 Å². The minimum atomic E-state index is -3.48. The highest BCUT2D eigenvalue weighted by Crippen LogP contribution is 2.21. The molecule has 0 atom stereocenters. The van der Waals surface area contributed by atoms with Crippen molar-refractivity contribution in [1.82, 2.24) is 14.9 Å². The van der Waals surface area contributed by atoms with E-state index in [0.717, 1.165) is 25.5 Å². The molecule has 0 saturated carbocycles. The number of benzene rings is 2. The van der Waals surface area contributed by atoms with Crippen LogP contribution in [0.25, 0.3) is 5.57 Å². The molecule has 1 aliphatic heterocycles. The Morgan fingerprint density at radius 3 is 2.28 bits per heavy atom. The van der Waals surface area contributed by atoms with Gasteiger partial charge in [-0.25, -0.2) is 13.1 Å². The van der Waals surface area contributed by atoms with Crippen molar-refractivity contribution in [2.24, 2.45) is 4.99 Å². The predicted molar refractivity (Wildman–Crippen MR) is 129 cm³/mol. The number of hydrogen-bond donors (Lipinski definition) is 2. The molecular formula is C21H27IN4O2S. The number of guanidine groups is 1. The summed E-state index contributed by atoms with van der Waals surface area (Å²) in [6.07, 6.45) is 3.18. The number of nitrogens with one attached hydrogen (secondary N) is 2. The monoisotopic (exact) mass is 526 g/mol. The molecule has 8 heteroatoms. The van der Waals surface area contributed by atoms with Gasteiger partial charge in [0.1, 0.15) is 0 Å². The average Bonchev–Trinajstić information content (AvgIpc) is 2.75. The molecule has 0 spiro atoms. The summed E-state index contributed by atoms with van der Waals surface area (Å²) >= 11 is 0. The van der Waals surface area contributed by atoms with Crippen molar-refractivity contribution >= 4 is 45.5 Å². The Bertz CT molecular complexity index is 932. The molecule has 2 aromatic rings. The topological polar surface area (TPSA) is 73.8 Å². The van der Waals surface area contributed by atoms with Crippen LogP contribution in [0.2, 0.25) is 0 Å². The summed E-state index contributed by atoms with van der Waals surface area (Å²) in [6, 6.07) is 18.8. The Morgan fingerprint density at radius 1 is 1.03 bits per heavy atom. The highest BCUT2D eigenvalue weighted by Gasteiger charge is 2.16. The van der Waals surface area contributed by atoms with E-state index in [9.17, 15) is 8.42 Å². The number of aliphatic imine (C=N–C) groups is 1. The molecule has 0 bridgehead atoms. The van der Waals surface area contributed by atoms with Crippen molar-refractivity contribution in [3.63, 3.8) is 0 Å². The van der Waals surface area contributed by atoms with Gasteiger partial charge in [0.25, 0.3) is 0 Å². The molecule has 2 aromatic carbocycles. The zero-order chi connectivity index (χ0) is 19.8. The van der Waals surface area contributed by atoms with Crippen molar-refractivity contribution in [2.75, 3.05) is 33.2 Å². The Kier molecular flexibility index (Phi) is 9.12. The fourth-order valence-corrected chi connectivity index (χ4v) is 4.20. The minimum absolute atomic E-state index is 0. The molecule has 29 heavy (non-hydrogen) atoms. The Labute approximate surface area is 190 Å². The first kappa shape index (κ1) is 23.4. The van der Waals surface area contributed by atoms with Gasteiger partial charge in [-0.05, 0) is 29.7 Å². The zero-order valence-corrected chi connectivity index (χ0v) is 19.6. The second kappa shape index (κ2) is 11.3. The zero-order valence-electron chi connectivity index (χ0n) is 16.4. The largest absolute Gasteiger partial charge is 0.355 e. The molecule has 0 unspecified atom stereocenters. The van der Waals surface area contributed by atoms with Gasteiger partial charge >= 0.3 is 0 Å². The lowest BCUT2D eigenvalue weighted by Gasteiger charge is -2.29. The van der Waals surface area contributed by atoms with E-state index < -0.39 is 10.0 Å². The number of nitrogens with zero attached hydrogens (tertiary/aromatic N) is 2. The molecule has 3 rings (SSSR count). The lowest BCUT2D eigenvalue weighted by molar-refractivity contribution is 0.440. The second-order valence-electron chi connectivity index (χ2n) is 6.48. The van der Waals surface area contributed by atoms with Crippen molar-refractivity contribution in [2.45, 2.75) is 11.3 Å². The van der Waals surface area contributed by atoms with Gasteiger partial charge in [-0.1, -0.05) is 54.6 Å². The normalized spacial score (nSPS) is 14.7. The SMILES string of the molecule is CN=C(NCCNS(=O)(=O)c1ccccc1)N1CC=C(c2ccccc2)CC1.I. The third-order valence-corrected chi connectivity index (χ3v) is 6.10. The quantitative estimate of drug-likeness (QED) is 0.263. The first-order chi connectivity index (χ1) is 13.6. The third kappa shape index (κ3) is 6.55. The standard InChI is InChI=1S/C21H26N4O2S.HI/c1-22-21(23-14-15-24-28(26,27)20-10-6-3-7-11-20)25-16-12-19(13-17-25)18-8-4-2-5-9-18;/h2-12,24H,13-17H2,1H3,(H,22,23);1H. The van der Waals surface area contributed by atoms with Gasteiger partial charge in [0.2, 0.25) is 10.0 Å². The minimum Gasteiger partial charge on any atom is -0.355 e. The molecule has 0 aromatic heterocycles. The number of hydrogen-bond acceptors (Lipinski definition) is 3. The molecule has 156 valence electrons. The number of rotatable bonds is 6. The lowest BCUT2D eigenvalue weighted by atomic mass is 10.00. The molecule has 0 aliphatic carbocycles. The van der Waals surface area contributed by atoms with E-state index in [4.69, 9.17) is 0 Å². The van der Waals surface area contributed by atoms with Crippen molar-refractivity contribution < 1.29 is 8.42 Å². The first-order valence-electron chi connectivity index (χ1n) is 9.35. The summed E-state index contributed by atoms with van der Waals surface area (Å²) in [5.41, 5.74) is 2.61. The summed E-state index contributed by atoms with van der Waals surface area (Å²) in [6.45, 7) is 2.40. The summed E-state index contributed by atoms with van der Waals surface area (Å²) in [7, 11) is -1.74. The maximum absolute atomic E-state index is 12.2. The van der Waals surface area contributed by atoms with Crippen LogP contribution in [0.3, 0.4) is 0 Å². The van der Waals surface area contributed by atoms with E-state index >= 15 is 0 Å². The third-order valence-electron chi connectivity index (χ3n) is 4.62. The Morgan fingerprint density at radius 2 is 1.69 bits per heavy atom. The van der Waals surface area contributed by atoms with E-state index in [1.54, 1.807) is 37.4 Å². The van der Waals surface area contributed by atoms with E-state index in [1.807, 2.05) is 6.07 Å². The van der Waals surface area contributed by atoms with Crippen LogP contribution < -0.4 is 10.0 Å². The van der Waals surface area contributed by atoms with Crippen LogP contribution in [0.1, 0.15) is 12.0 Å². The molecule has 0 fully saturated rings. The van der Waals surface area contributed by atoms with Gasteiger partial charge in [-0.3, -0.25) is 4.99 Å². The summed E-state index contributed by atoms with van der Waals surface area (Å²) < 4.78 is 27.1. The number of halogens is 1. The highest BCUT2D eigenvalue weighted by molar-refractivity contribution is 14.0. The lowest BCUT2D eigenvalue weighted by Crippen LogP contribution is -2.45. The van der Waals surface area contributed by atoms with Gasteiger partial charge in [-0.15, -0.1) is 24.0 Å². The fourth-order valence-electron chi connectivity index (χ4n) is 3.15. The van der Waals surface area contributed by atoms with Crippen molar-refractivity contribution in [1.29, 1.82) is 0 Å². The van der Waals surface area contributed by atoms with Crippen LogP contribution in [0.5, 0.6) is 0 Å². The fraction of sp³-hybridized carbons (Fsp3) is 0.286. The van der Waals surface area contributed by atoms with Crippen molar-refractivity contribution in [3.05, 3.63) is 72.3 Å². The Balaban J connectivity index is 0.00000300. The summed E-state index contributed by atoms with van der Waals surface area (Å²) in [5.74, 6) is 0.780. The van der Waals surface area contributed by atoms with Gasteiger partial charge in [0.05, 0.1) is 4.90 Å². The molecule has 0 saturated heterocycles. The highest BCUT2D eigenvalue weighted by atomic mass is 127. The van der Waals surface area contributed by atoms with Crippen LogP contribution in [0, 0.1) is 0 Å². The van der Waals surface area contributed by atoms with Crippen molar-refractivity contribution in [3.8, 4) is 0 Å². The predicted octanol–water partition coefficient (Wildman–Crippen LogP) is 2.95. The number of sulfonamides is 1. The second-order valence-corrected chi connectivity index (χ2v) is 8.24. The molecule has 0 amide bonds. The molecule has 6 nitrogen and oxygen atoms in total. The average molecular weight is 526 g/mol. The van der Waals surface area contributed by atoms with E-state index in [2.05, 4.69) is 50.3 Å². The maximum atomic E-state index is 12.2. The van der Waals surface area contributed by atoms with Crippen LogP contribution in [-0.2, 0) is 10.0 Å². The summed E-state index contributed by atoms with van der Waals surface area (Å²) in [5, 5.41) is 3.24. The first-order valence-corrected chi connectivity index (χ1v) is 10.8. The molecule has 1 heterocycles. The van der Waals surface area contributed by atoms with Crippen LogP contribution in [0.4, 0.5) is 0 Å². The van der Waals surface area contributed by atoms with Crippen LogP contribution in [-0.4, -0.2) is 52.5 Å². The van der Waals surface area contributed by atoms with Crippen LogP contribution >= 0.6 is 24.0 Å². The molecule has 2 N–H and O–H groups in total. The van der Waals surface area contributed by atoms with Crippen LogP contribution in [0.15, 0.2) is 76.6 Å². The smallest absolute Gasteiger partial charge is 0.240 e. The van der Waals surface area contributed by atoms with E-state index in [-0.39, 0.29) is 35.4 Å². The van der Waals surface area contributed by atoms with E-state index in [1.165, 1.54) is 11.1 Å². The molecular weight excluding hydrogens is 499 g/mol. The van der Waals surface area contributed by atoms with Gasteiger partial charge < -0.3 is 10.2 Å². The van der Waals surface area contributed by atoms with Gasteiger partial charge in [0.15, 0.2) is 5.96 Å². The molecule has 0 radical (unpaired) electrons. The van der Waals surface area contributed by atoms with Gasteiger partial charge in [0, 0.05) is 33.2 Å². The Hall–Kier alpha value is -1.91. The molecule has 1 aliphatic rings. The summed E-state index contributed by atoms with van der Waals surface area (Å²) in [4.78, 5) is 6.76. The maximum Gasteiger partial charge on any atom is 0.240 e. The van der Waals surface area contributed by atoms with E-state index in [0.29, 0.717) is 6.54 Å².